The molecule has 114 valence electrons. The van der Waals surface area contributed by atoms with Gasteiger partial charge in [-0.2, -0.15) is 0 Å². The second kappa shape index (κ2) is 4.53. The Kier molecular flexibility index (Phi) is 2.72. The summed E-state index contributed by atoms with van der Waals surface area (Å²) in [6.45, 7) is 0. The third-order valence-electron chi connectivity index (χ3n) is 5.13. The number of carbonyl (C=O) groups is 2. The van der Waals surface area contributed by atoms with E-state index in [1.54, 1.807) is 0 Å². The largest absolute Gasteiger partial charge is 0.462 e. The number of rotatable bonds is 3. The summed E-state index contributed by atoms with van der Waals surface area (Å²) >= 11 is 0. The van der Waals surface area contributed by atoms with Gasteiger partial charge in [-0.05, 0) is 30.9 Å². The van der Waals surface area contributed by atoms with Gasteiger partial charge < -0.3 is 10.1 Å². The third-order valence-corrected chi connectivity index (χ3v) is 5.13. The van der Waals surface area contributed by atoms with Crippen LogP contribution in [0, 0.1) is 33.8 Å². The van der Waals surface area contributed by atoms with E-state index in [9.17, 15) is 19.7 Å². The van der Waals surface area contributed by atoms with Crippen LogP contribution in [0.5, 0.6) is 0 Å². The third kappa shape index (κ3) is 1.81. The molecule has 1 saturated heterocycles. The maximum atomic E-state index is 12.5. The summed E-state index contributed by atoms with van der Waals surface area (Å²) in [5.41, 5.74) is 0.474. The summed E-state index contributed by atoms with van der Waals surface area (Å²) < 4.78 is 5.32. The van der Waals surface area contributed by atoms with Crippen molar-refractivity contribution < 1.29 is 19.2 Å². The van der Waals surface area contributed by atoms with Gasteiger partial charge in [-0.25, -0.2) is 0 Å². The molecule has 3 aliphatic rings. The van der Waals surface area contributed by atoms with E-state index >= 15 is 0 Å². The Morgan fingerprint density at radius 1 is 1.27 bits per heavy atom. The lowest BCUT2D eigenvalue weighted by Crippen LogP contribution is -2.35. The zero-order valence-electron chi connectivity index (χ0n) is 11.6. The summed E-state index contributed by atoms with van der Waals surface area (Å²) in [5.74, 6) is -0.717. The molecule has 1 aromatic carbocycles. The summed E-state index contributed by atoms with van der Waals surface area (Å²) in [6.07, 6.45) is 1.65. The summed E-state index contributed by atoms with van der Waals surface area (Å²) in [7, 11) is 0. The second-order valence-electron chi connectivity index (χ2n) is 6.22. The van der Waals surface area contributed by atoms with Gasteiger partial charge >= 0.3 is 5.97 Å². The molecule has 5 unspecified atom stereocenters. The molecule has 1 aromatic rings. The van der Waals surface area contributed by atoms with Gasteiger partial charge in [-0.15, -0.1) is 0 Å². The number of ether oxygens (including phenoxy) is 1. The number of nitro benzene ring substituents is 1. The van der Waals surface area contributed by atoms with Crippen molar-refractivity contribution in [3.05, 3.63) is 34.4 Å². The number of hydrogen-bond acceptors (Lipinski definition) is 5. The van der Waals surface area contributed by atoms with E-state index in [0.717, 1.165) is 12.8 Å². The fraction of sp³-hybridized carbons (Fsp3) is 0.467. The zero-order valence-corrected chi connectivity index (χ0v) is 11.6. The normalized spacial score (nSPS) is 34.5. The molecule has 0 radical (unpaired) electrons. The highest BCUT2D eigenvalue weighted by molar-refractivity contribution is 5.97. The average molecular weight is 302 g/mol. The van der Waals surface area contributed by atoms with Crippen LogP contribution in [0.4, 0.5) is 11.4 Å². The SMILES string of the molecule is O=C(Nc1ccc([N+](=O)[O-])cc1)C1C2CC3OC(=O)C1C3C2. The minimum atomic E-state index is -0.490. The van der Waals surface area contributed by atoms with Crippen LogP contribution in [0.15, 0.2) is 24.3 Å². The molecule has 1 heterocycles. The standard InChI is InChI=1S/C15H14N2O5/c18-14(16-8-1-3-9(4-2-8)17(20)21)12-7-5-10-11(6-7)22-15(19)13(10)12/h1-4,7,10-13H,5-6H2,(H,16,18). The summed E-state index contributed by atoms with van der Waals surface area (Å²) in [5, 5.41) is 13.4. The maximum Gasteiger partial charge on any atom is 0.310 e. The van der Waals surface area contributed by atoms with Crippen LogP contribution in [-0.4, -0.2) is 22.9 Å². The first kappa shape index (κ1) is 13.2. The highest BCUT2D eigenvalue weighted by Crippen LogP contribution is 2.57. The molecule has 2 bridgehead atoms. The van der Waals surface area contributed by atoms with E-state index in [1.165, 1.54) is 24.3 Å². The van der Waals surface area contributed by atoms with Gasteiger partial charge in [0.15, 0.2) is 0 Å². The number of anilines is 1. The van der Waals surface area contributed by atoms with Crippen molar-refractivity contribution >= 4 is 23.3 Å². The average Bonchev–Trinajstić information content (AvgIpc) is 3.09. The minimum absolute atomic E-state index is 0.00549. The van der Waals surface area contributed by atoms with Crippen LogP contribution in [0.25, 0.3) is 0 Å². The fourth-order valence-corrected chi connectivity index (χ4v) is 4.26. The Bertz CT molecular complexity index is 669. The van der Waals surface area contributed by atoms with Gasteiger partial charge in [-0.3, -0.25) is 19.7 Å². The quantitative estimate of drug-likeness (QED) is 0.521. The molecular weight excluding hydrogens is 288 g/mol. The van der Waals surface area contributed by atoms with E-state index in [4.69, 9.17) is 4.74 Å². The first-order valence-corrected chi connectivity index (χ1v) is 7.30. The number of amides is 1. The van der Waals surface area contributed by atoms with Crippen LogP contribution in [-0.2, 0) is 14.3 Å². The van der Waals surface area contributed by atoms with Crippen molar-refractivity contribution in [3.8, 4) is 0 Å². The topological polar surface area (TPSA) is 98.5 Å². The Morgan fingerprint density at radius 3 is 2.68 bits per heavy atom. The molecule has 1 aliphatic heterocycles. The van der Waals surface area contributed by atoms with Gasteiger partial charge in [0.2, 0.25) is 5.91 Å². The lowest BCUT2D eigenvalue weighted by molar-refractivity contribution is -0.384. The van der Waals surface area contributed by atoms with E-state index in [0.29, 0.717) is 5.69 Å². The molecule has 7 heteroatoms. The lowest BCUT2D eigenvalue weighted by Gasteiger charge is -2.23. The number of carbonyl (C=O) groups excluding carboxylic acids is 2. The van der Waals surface area contributed by atoms with Crippen molar-refractivity contribution in [2.24, 2.45) is 23.7 Å². The predicted octanol–water partition coefficient (Wildman–Crippen LogP) is 1.73. The summed E-state index contributed by atoms with van der Waals surface area (Å²) in [4.78, 5) is 34.5. The molecule has 0 aromatic heterocycles. The van der Waals surface area contributed by atoms with Crippen molar-refractivity contribution in [2.75, 3.05) is 5.32 Å². The first-order chi connectivity index (χ1) is 10.5. The number of nitro groups is 1. The molecule has 22 heavy (non-hydrogen) atoms. The summed E-state index contributed by atoms with van der Waals surface area (Å²) in [6, 6.07) is 5.69. The van der Waals surface area contributed by atoms with E-state index < -0.39 is 4.92 Å². The minimum Gasteiger partial charge on any atom is -0.462 e. The number of esters is 1. The number of hydrogen-bond donors (Lipinski definition) is 1. The maximum absolute atomic E-state index is 12.5. The molecular formula is C15H14N2O5. The monoisotopic (exact) mass is 302 g/mol. The Balaban J connectivity index is 1.51. The van der Waals surface area contributed by atoms with Crippen molar-refractivity contribution in [1.82, 2.24) is 0 Å². The Hall–Kier alpha value is -2.44. The van der Waals surface area contributed by atoms with E-state index in [1.807, 2.05) is 0 Å². The lowest BCUT2D eigenvalue weighted by atomic mass is 9.79. The van der Waals surface area contributed by atoms with E-state index in [2.05, 4.69) is 5.32 Å². The molecule has 2 aliphatic carbocycles. The van der Waals surface area contributed by atoms with Crippen LogP contribution >= 0.6 is 0 Å². The molecule has 0 spiro atoms. The number of nitrogens with zero attached hydrogens (tertiary/aromatic N) is 1. The van der Waals surface area contributed by atoms with Gasteiger partial charge in [-0.1, -0.05) is 0 Å². The number of fused-ring (bicyclic) bond motifs is 1. The van der Waals surface area contributed by atoms with Crippen molar-refractivity contribution in [1.29, 1.82) is 0 Å². The van der Waals surface area contributed by atoms with Gasteiger partial charge in [0.05, 0.1) is 16.8 Å². The van der Waals surface area contributed by atoms with Gasteiger partial charge in [0, 0.05) is 23.7 Å². The number of nitrogens with one attached hydrogen (secondary N) is 1. The van der Waals surface area contributed by atoms with Gasteiger partial charge in [0.25, 0.3) is 5.69 Å². The van der Waals surface area contributed by atoms with Crippen molar-refractivity contribution in [2.45, 2.75) is 18.9 Å². The molecule has 1 N–H and O–H groups in total. The van der Waals surface area contributed by atoms with Crippen LogP contribution < -0.4 is 5.32 Å². The smallest absolute Gasteiger partial charge is 0.310 e. The zero-order chi connectivity index (χ0) is 15.4. The molecule has 3 fully saturated rings. The molecule has 2 saturated carbocycles. The molecule has 1 amide bonds. The first-order valence-electron chi connectivity index (χ1n) is 7.30. The second-order valence-corrected chi connectivity index (χ2v) is 6.22. The Morgan fingerprint density at radius 2 is 2.00 bits per heavy atom. The number of benzene rings is 1. The predicted molar refractivity (Wildman–Crippen MR) is 74.8 cm³/mol. The van der Waals surface area contributed by atoms with E-state index in [-0.39, 0.29) is 47.3 Å². The van der Waals surface area contributed by atoms with Crippen LogP contribution in [0.1, 0.15) is 12.8 Å². The molecule has 5 atom stereocenters. The molecule has 7 nitrogen and oxygen atoms in total. The highest BCUT2D eigenvalue weighted by Gasteiger charge is 2.63. The van der Waals surface area contributed by atoms with Crippen LogP contribution in [0.3, 0.4) is 0 Å². The highest BCUT2D eigenvalue weighted by atomic mass is 16.6. The van der Waals surface area contributed by atoms with Crippen LogP contribution in [0.2, 0.25) is 0 Å². The Labute approximate surface area is 125 Å². The van der Waals surface area contributed by atoms with Crippen molar-refractivity contribution in [3.63, 3.8) is 0 Å². The molecule has 4 rings (SSSR count). The fourth-order valence-electron chi connectivity index (χ4n) is 4.26. The number of non-ortho nitro benzene ring substituents is 1. The van der Waals surface area contributed by atoms with Gasteiger partial charge in [0.1, 0.15) is 6.10 Å².